The van der Waals surface area contributed by atoms with Crippen LogP contribution in [0.4, 0.5) is 13.2 Å². The predicted octanol–water partition coefficient (Wildman–Crippen LogP) is 5.84. The van der Waals surface area contributed by atoms with Gasteiger partial charge in [0.15, 0.2) is 11.1 Å². The molecule has 2 heterocycles. The number of alkyl halides is 3. The van der Waals surface area contributed by atoms with E-state index in [1.54, 1.807) is 31.4 Å². The Kier molecular flexibility index (Phi) is 7.23. The lowest BCUT2D eigenvalue weighted by Gasteiger charge is -2.24. The van der Waals surface area contributed by atoms with Crippen LogP contribution < -0.4 is 5.43 Å². The van der Waals surface area contributed by atoms with Crippen LogP contribution in [-0.4, -0.2) is 26.9 Å². The Balaban J connectivity index is 2.29. The molecule has 11 heteroatoms. The molecule has 0 aliphatic rings. The highest BCUT2D eigenvalue weighted by Gasteiger charge is 2.34. The Hall–Kier alpha value is -2.78. The number of hydrogen-bond acceptors (Lipinski definition) is 4. The Bertz CT molecular complexity index is 1250. The Morgan fingerprint density at radius 2 is 1.85 bits per heavy atom. The summed E-state index contributed by atoms with van der Waals surface area (Å²) in [5.41, 5.74) is -0.876. The summed E-state index contributed by atoms with van der Waals surface area (Å²) >= 11 is 12.2. The number of nitrogens with zero attached hydrogens (tertiary/aromatic N) is 3. The number of rotatable bonds is 6. The van der Waals surface area contributed by atoms with Gasteiger partial charge in [0.2, 0.25) is 0 Å². The van der Waals surface area contributed by atoms with E-state index in [0.717, 1.165) is 10.7 Å². The third-order valence-corrected chi connectivity index (χ3v) is 5.80. The van der Waals surface area contributed by atoms with Gasteiger partial charge in [-0.15, -0.1) is 0 Å². The lowest BCUT2D eigenvalue weighted by molar-refractivity contribution is -0.141. The van der Waals surface area contributed by atoms with Crippen LogP contribution in [0.5, 0.6) is 0 Å². The largest absolute Gasteiger partial charge is 0.462 e. The maximum Gasteiger partial charge on any atom is 0.435 e. The zero-order chi connectivity index (χ0) is 24.5. The van der Waals surface area contributed by atoms with Gasteiger partial charge >= 0.3 is 12.1 Å². The van der Waals surface area contributed by atoms with Gasteiger partial charge in [-0.1, -0.05) is 29.3 Å². The highest BCUT2D eigenvalue weighted by atomic mass is 35.5. The molecule has 1 unspecified atom stereocenters. The van der Waals surface area contributed by atoms with Crippen LogP contribution in [0.3, 0.4) is 0 Å². The third kappa shape index (κ3) is 4.94. The monoisotopic (exact) mass is 501 g/mol. The van der Waals surface area contributed by atoms with E-state index in [2.05, 4.69) is 5.10 Å². The molecule has 0 spiro atoms. The first-order valence-electron chi connectivity index (χ1n) is 10.0. The molecule has 1 aromatic carbocycles. The lowest BCUT2D eigenvalue weighted by Crippen LogP contribution is -2.27. The maximum absolute atomic E-state index is 13.1. The average Bonchev–Trinajstić information content (AvgIpc) is 3.25. The predicted molar refractivity (Wildman–Crippen MR) is 119 cm³/mol. The van der Waals surface area contributed by atoms with Crippen molar-refractivity contribution >= 4 is 29.2 Å². The molecule has 0 saturated heterocycles. The lowest BCUT2D eigenvalue weighted by atomic mass is 10.0. The second kappa shape index (κ2) is 9.61. The average molecular weight is 502 g/mol. The first-order chi connectivity index (χ1) is 15.5. The number of esters is 1. The molecule has 0 bridgehead atoms. The van der Waals surface area contributed by atoms with Crippen molar-refractivity contribution in [1.82, 2.24) is 14.3 Å². The standard InChI is InChI=1S/C22H20Cl2F3N3O3/c1-4-29-16(12(3)30-9-8-18(28-30)22(25,26)27)11-17(31)19(21(32)33-5-2)20(29)13-6-7-14(23)15(24)10-13/h6-12H,4-5H2,1-3H3. The first kappa shape index (κ1) is 24.9. The summed E-state index contributed by atoms with van der Waals surface area (Å²) in [6.07, 6.45) is -3.41. The van der Waals surface area contributed by atoms with Gasteiger partial charge in [-0.05, 0) is 39.0 Å². The van der Waals surface area contributed by atoms with Crippen LogP contribution >= 0.6 is 23.2 Å². The van der Waals surface area contributed by atoms with Crippen LogP contribution in [0.2, 0.25) is 10.0 Å². The van der Waals surface area contributed by atoms with E-state index >= 15 is 0 Å². The van der Waals surface area contributed by atoms with Crippen molar-refractivity contribution in [1.29, 1.82) is 0 Å². The molecular formula is C22H20Cl2F3N3O3. The van der Waals surface area contributed by atoms with E-state index in [4.69, 9.17) is 27.9 Å². The zero-order valence-electron chi connectivity index (χ0n) is 17.9. The molecule has 3 rings (SSSR count). The maximum atomic E-state index is 13.1. The molecule has 0 aliphatic carbocycles. The Morgan fingerprint density at radius 1 is 1.15 bits per heavy atom. The van der Waals surface area contributed by atoms with Crippen LogP contribution in [0.25, 0.3) is 11.3 Å². The van der Waals surface area contributed by atoms with Crippen molar-refractivity contribution in [3.05, 3.63) is 73.7 Å². The second-order valence-electron chi connectivity index (χ2n) is 7.11. The summed E-state index contributed by atoms with van der Waals surface area (Å²) in [7, 11) is 0. The number of carbonyl (C=O) groups is 1. The molecule has 0 saturated carbocycles. The molecule has 2 aromatic heterocycles. The normalized spacial score (nSPS) is 12.6. The molecule has 0 amide bonds. The summed E-state index contributed by atoms with van der Waals surface area (Å²) in [5, 5.41) is 4.11. The van der Waals surface area contributed by atoms with Crippen molar-refractivity contribution < 1.29 is 22.7 Å². The number of carbonyl (C=O) groups excluding carboxylic acids is 1. The molecular weight excluding hydrogens is 482 g/mol. The third-order valence-electron chi connectivity index (χ3n) is 5.06. The molecule has 0 aliphatic heterocycles. The van der Waals surface area contributed by atoms with Crippen LogP contribution in [-0.2, 0) is 17.5 Å². The molecule has 3 aromatic rings. The summed E-state index contributed by atoms with van der Waals surface area (Å²) in [5.74, 6) is -0.816. The van der Waals surface area contributed by atoms with Crippen LogP contribution in [0.15, 0.2) is 41.3 Å². The van der Waals surface area contributed by atoms with Crippen molar-refractivity contribution in [3.8, 4) is 11.3 Å². The summed E-state index contributed by atoms with van der Waals surface area (Å²) < 4.78 is 47.0. The Labute approximate surface area is 197 Å². The number of halogens is 5. The topological polar surface area (TPSA) is 66.1 Å². The number of aromatic nitrogens is 3. The van der Waals surface area contributed by atoms with Gasteiger partial charge in [0.25, 0.3) is 0 Å². The van der Waals surface area contributed by atoms with Gasteiger partial charge in [0, 0.05) is 30.1 Å². The van der Waals surface area contributed by atoms with Gasteiger partial charge < -0.3 is 9.30 Å². The minimum Gasteiger partial charge on any atom is -0.462 e. The first-order valence-corrected chi connectivity index (χ1v) is 10.8. The van der Waals surface area contributed by atoms with Gasteiger partial charge in [-0.3, -0.25) is 9.48 Å². The molecule has 176 valence electrons. The molecule has 0 radical (unpaired) electrons. The molecule has 0 fully saturated rings. The van der Waals surface area contributed by atoms with E-state index in [-0.39, 0.29) is 34.5 Å². The zero-order valence-corrected chi connectivity index (χ0v) is 19.4. The van der Waals surface area contributed by atoms with E-state index < -0.39 is 29.3 Å². The van der Waals surface area contributed by atoms with E-state index in [1.165, 1.54) is 24.4 Å². The molecule has 1 atom stereocenters. The van der Waals surface area contributed by atoms with Gasteiger partial charge in [0.1, 0.15) is 5.56 Å². The Morgan fingerprint density at radius 3 is 2.39 bits per heavy atom. The number of benzene rings is 1. The minimum atomic E-state index is -4.60. The van der Waals surface area contributed by atoms with E-state index in [0.29, 0.717) is 11.3 Å². The molecule has 33 heavy (non-hydrogen) atoms. The van der Waals surface area contributed by atoms with Crippen LogP contribution in [0, 0.1) is 0 Å². The second-order valence-corrected chi connectivity index (χ2v) is 7.92. The van der Waals surface area contributed by atoms with Gasteiger partial charge in [-0.25, -0.2) is 4.79 Å². The minimum absolute atomic E-state index is 0.0525. The van der Waals surface area contributed by atoms with E-state index in [9.17, 15) is 22.8 Å². The van der Waals surface area contributed by atoms with Gasteiger partial charge in [0.05, 0.1) is 28.4 Å². The highest BCUT2D eigenvalue weighted by molar-refractivity contribution is 6.42. The van der Waals surface area contributed by atoms with Crippen molar-refractivity contribution in [2.75, 3.05) is 6.61 Å². The van der Waals surface area contributed by atoms with Crippen molar-refractivity contribution in [2.24, 2.45) is 0 Å². The number of hydrogen-bond donors (Lipinski definition) is 0. The fourth-order valence-electron chi connectivity index (χ4n) is 3.54. The smallest absolute Gasteiger partial charge is 0.435 e. The van der Waals surface area contributed by atoms with Crippen molar-refractivity contribution in [3.63, 3.8) is 0 Å². The van der Waals surface area contributed by atoms with Crippen molar-refractivity contribution in [2.45, 2.75) is 39.5 Å². The van der Waals surface area contributed by atoms with Crippen LogP contribution in [0.1, 0.15) is 48.6 Å². The number of ether oxygens (including phenoxy) is 1. The molecule has 6 nitrogen and oxygen atoms in total. The quantitative estimate of drug-likeness (QED) is 0.397. The van der Waals surface area contributed by atoms with E-state index in [1.807, 2.05) is 0 Å². The SMILES string of the molecule is CCOC(=O)c1c(-c2ccc(Cl)c(Cl)c2)n(CC)c(C(C)n2ccc(C(F)(F)F)n2)cc1=O. The fraction of sp³-hybridized carbons (Fsp3) is 0.318. The summed E-state index contributed by atoms with van der Waals surface area (Å²) in [6.45, 7) is 5.34. The van der Waals surface area contributed by atoms with Gasteiger partial charge in [-0.2, -0.15) is 18.3 Å². The molecule has 0 N–H and O–H groups in total. The summed E-state index contributed by atoms with van der Waals surface area (Å²) in [6, 6.07) is 5.96. The fourth-order valence-corrected chi connectivity index (χ4v) is 3.83. The summed E-state index contributed by atoms with van der Waals surface area (Å²) in [4.78, 5) is 25.8. The highest BCUT2D eigenvalue weighted by Crippen LogP contribution is 2.33. The number of pyridine rings is 1.